The maximum absolute atomic E-state index is 12.3. The third-order valence-electron chi connectivity index (χ3n) is 3.96. The number of methoxy groups -OCH3 is 2. The Balaban J connectivity index is 2.77. The molecule has 1 heterocycles. The van der Waals surface area contributed by atoms with E-state index in [0.717, 1.165) is 20.3 Å². The van der Waals surface area contributed by atoms with E-state index in [9.17, 15) is 24.5 Å². The smallest absolute Gasteiger partial charge is 0.355 e. The first-order chi connectivity index (χ1) is 12.7. The van der Waals surface area contributed by atoms with E-state index < -0.39 is 22.8 Å². The maximum Gasteiger partial charge on any atom is 0.355 e. The number of nitrogens with zero attached hydrogens (tertiary/aromatic N) is 2. The van der Waals surface area contributed by atoms with Crippen molar-refractivity contribution in [2.24, 2.45) is 5.73 Å². The first-order valence-corrected chi connectivity index (χ1v) is 7.56. The molecule has 2 N–H and O–H groups in total. The molecule has 0 saturated carbocycles. The van der Waals surface area contributed by atoms with Gasteiger partial charge in [-0.1, -0.05) is 0 Å². The third-order valence-corrected chi connectivity index (χ3v) is 3.96. The number of carbonyl (C=O) groups excluding carboxylic acids is 3. The lowest BCUT2D eigenvalue weighted by molar-refractivity contribution is -0.385. The Hall–Kier alpha value is -3.47. The molecule has 1 aromatic carbocycles. The number of hydrogen-bond acceptors (Lipinski definition) is 9. The second kappa shape index (κ2) is 7.83. The first-order valence-electron chi connectivity index (χ1n) is 7.56. The van der Waals surface area contributed by atoms with E-state index in [1.165, 1.54) is 17.9 Å². The average Bonchev–Trinajstić information content (AvgIpc) is 2.65. The van der Waals surface area contributed by atoms with Gasteiger partial charge in [0.15, 0.2) is 0 Å². The number of nitro benzene ring substituents is 1. The zero-order valence-corrected chi connectivity index (χ0v) is 14.8. The molecular weight excluding hydrogens is 362 g/mol. The number of benzene rings is 1. The molecule has 144 valence electrons. The molecule has 0 radical (unpaired) electrons. The van der Waals surface area contributed by atoms with E-state index in [-0.39, 0.29) is 47.1 Å². The Bertz CT molecular complexity index is 861. The van der Waals surface area contributed by atoms with Gasteiger partial charge in [-0.2, -0.15) is 0 Å². The second-order valence-corrected chi connectivity index (χ2v) is 5.48. The van der Waals surface area contributed by atoms with Crippen molar-refractivity contribution in [2.45, 2.75) is 6.92 Å². The summed E-state index contributed by atoms with van der Waals surface area (Å²) in [5.41, 5.74) is 4.65. The van der Waals surface area contributed by atoms with Crippen molar-refractivity contribution in [3.05, 3.63) is 44.6 Å². The lowest BCUT2D eigenvalue weighted by Crippen LogP contribution is -2.39. The van der Waals surface area contributed by atoms with Crippen LogP contribution >= 0.6 is 0 Å². The van der Waals surface area contributed by atoms with Gasteiger partial charge >= 0.3 is 11.9 Å². The van der Waals surface area contributed by atoms with Crippen LogP contribution in [-0.4, -0.2) is 50.3 Å². The number of nitro groups is 1. The Labute approximate surface area is 153 Å². The summed E-state index contributed by atoms with van der Waals surface area (Å²) in [4.78, 5) is 47.8. The van der Waals surface area contributed by atoms with Gasteiger partial charge in [0.1, 0.15) is 12.4 Å². The quantitative estimate of drug-likeness (QED) is 0.435. The molecule has 0 fully saturated rings. The van der Waals surface area contributed by atoms with E-state index in [2.05, 4.69) is 4.74 Å². The number of nitrogens with two attached hydrogens (primary N) is 1. The molecule has 0 unspecified atom stereocenters. The number of carbonyl (C=O) groups is 3. The molecule has 0 spiro atoms. The van der Waals surface area contributed by atoms with Crippen molar-refractivity contribution in [3.63, 3.8) is 0 Å². The predicted octanol–water partition coefficient (Wildman–Crippen LogP) is 0.396. The van der Waals surface area contributed by atoms with Gasteiger partial charge in [0, 0.05) is 11.6 Å². The number of ether oxygens (including phenoxy) is 3. The van der Waals surface area contributed by atoms with Gasteiger partial charge in [-0.25, -0.2) is 9.59 Å². The van der Waals surface area contributed by atoms with E-state index >= 15 is 0 Å². The Kier molecular flexibility index (Phi) is 5.75. The van der Waals surface area contributed by atoms with Crippen LogP contribution in [0, 0.1) is 17.0 Å². The fourth-order valence-corrected chi connectivity index (χ4v) is 2.63. The predicted molar refractivity (Wildman–Crippen MR) is 90.7 cm³/mol. The summed E-state index contributed by atoms with van der Waals surface area (Å²) in [6.07, 6.45) is 0. The highest BCUT2D eigenvalue weighted by Gasteiger charge is 2.34. The molecule has 0 aromatic heterocycles. The van der Waals surface area contributed by atoms with Crippen LogP contribution in [0.15, 0.2) is 23.4 Å². The standard InChI is InChI=1S/C16H17N3O8/c1-8-11(4-9(14(17)20)5-12(8)19(23)24)18-7-27-6-10(15(21)25-2)13(18)16(22)26-3/h4-5H,6-7H2,1-3H3,(H2,17,20). The number of esters is 2. The zero-order chi connectivity index (χ0) is 20.3. The summed E-state index contributed by atoms with van der Waals surface area (Å²) in [6, 6.07) is 2.31. The number of rotatable bonds is 5. The number of anilines is 1. The largest absolute Gasteiger partial charge is 0.466 e. The number of amides is 1. The van der Waals surface area contributed by atoms with E-state index in [1.807, 2.05) is 0 Å². The van der Waals surface area contributed by atoms with Gasteiger partial charge in [-0.3, -0.25) is 14.9 Å². The molecule has 1 aromatic rings. The van der Waals surface area contributed by atoms with Crippen LogP contribution < -0.4 is 10.6 Å². The zero-order valence-electron chi connectivity index (χ0n) is 14.8. The summed E-state index contributed by atoms with van der Waals surface area (Å²) in [5, 5.41) is 11.3. The molecule has 2 rings (SSSR count). The number of hydrogen-bond donors (Lipinski definition) is 1. The van der Waals surface area contributed by atoms with Crippen LogP contribution in [-0.2, 0) is 23.8 Å². The Morgan fingerprint density at radius 3 is 2.37 bits per heavy atom. The Morgan fingerprint density at radius 2 is 1.85 bits per heavy atom. The monoisotopic (exact) mass is 379 g/mol. The van der Waals surface area contributed by atoms with Gasteiger partial charge in [0.25, 0.3) is 5.69 Å². The van der Waals surface area contributed by atoms with Crippen LogP contribution in [0.1, 0.15) is 15.9 Å². The van der Waals surface area contributed by atoms with Gasteiger partial charge in [-0.15, -0.1) is 0 Å². The molecule has 1 amide bonds. The van der Waals surface area contributed by atoms with Crippen LogP contribution in [0.5, 0.6) is 0 Å². The van der Waals surface area contributed by atoms with Crippen molar-refractivity contribution in [3.8, 4) is 0 Å². The minimum absolute atomic E-state index is 0.0968. The van der Waals surface area contributed by atoms with Crippen LogP contribution in [0.2, 0.25) is 0 Å². The van der Waals surface area contributed by atoms with Crippen molar-refractivity contribution >= 4 is 29.2 Å². The van der Waals surface area contributed by atoms with Gasteiger partial charge in [0.2, 0.25) is 5.91 Å². The van der Waals surface area contributed by atoms with E-state index in [1.54, 1.807) is 0 Å². The summed E-state index contributed by atoms with van der Waals surface area (Å²) >= 11 is 0. The van der Waals surface area contributed by atoms with Crippen molar-refractivity contribution in [1.82, 2.24) is 0 Å². The lowest BCUT2D eigenvalue weighted by Gasteiger charge is -2.32. The van der Waals surface area contributed by atoms with Crippen molar-refractivity contribution in [2.75, 3.05) is 32.5 Å². The fraction of sp³-hybridized carbons (Fsp3) is 0.312. The molecule has 1 aliphatic heterocycles. The molecule has 27 heavy (non-hydrogen) atoms. The fourth-order valence-electron chi connectivity index (χ4n) is 2.63. The third kappa shape index (κ3) is 3.72. The van der Waals surface area contributed by atoms with Gasteiger partial charge in [0.05, 0.1) is 42.6 Å². The van der Waals surface area contributed by atoms with Crippen molar-refractivity contribution in [1.29, 1.82) is 0 Å². The highest BCUT2D eigenvalue weighted by molar-refractivity contribution is 6.04. The van der Waals surface area contributed by atoms with Gasteiger partial charge < -0.3 is 24.8 Å². The van der Waals surface area contributed by atoms with Crippen LogP contribution in [0.3, 0.4) is 0 Å². The molecule has 0 atom stereocenters. The minimum Gasteiger partial charge on any atom is -0.466 e. The first kappa shape index (κ1) is 19.8. The van der Waals surface area contributed by atoms with E-state index in [0.29, 0.717) is 0 Å². The molecule has 0 saturated heterocycles. The highest BCUT2D eigenvalue weighted by Crippen LogP contribution is 2.35. The second-order valence-electron chi connectivity index (χ2n) is 5.48. The summed E-state index contributed by atoms with van der Waals surface area (Å²) in [7, 11) is 2.25. The molecule has 11 nitrogen and oxygen atoms in total. The molecular formula is C16H17N3O8. The normalized spacial score (nSPS) is 14.0. The maximum atomic E-state index is 12.3. The summed E-state index contributed by atoms with van der Waals surface area (Å²) in [5.74, 6) is -2.59. The SMILES string of the molecule is COC(=O)C1=C(C(=O)OC)N(c2cc(C(N)=O)cc([N+](=O)[O-])c2C)COC1. The van der Waals surface area contributed by atoms with Crippen LogP contribution in [0.4, 0.5) is 11.4 Å². The molecule has 1 aliphatic rings. The highest BCUT2D eigenvalue weighted by atomic mass is 16.6. The van der Waals surface area contributed by atoms with Gasteiger partial charge in [-0.05, 0) is 13.0 Å². The summed E-state index contributed by atoms with van der Waals surface area (Å²) in [6.45, 7) is 0.995. The average molecular weight is 379 g/mol. The van der Waals surface area contributed by atoms with Crippen LogP contribution in [0.25, 0.3) is 0 Å². The minimum atomic E-state index is -0.894. The number of primary amides is 1. The topological polar surface area (TPSA) is 151 Å². The lowest BCUT2D eigenvalue weighted by atomic mass is 10.0. The molecule has 11 heteroatoms. The van der Waals surface area contributed by atoms with E-state index in [4.69, 9.17) is 15.2 Å². The molecule has 0 aliphatic carbocycles. The molecule has 0 bridgehead atoms. The Morgan fingerprint density at radius 1 is 1.22 bits per heavy atom. The summed E-state index contributed by atoms with van der Waals surface area (Å²) < 4.78 is 14.7. The van der Waals surface area contributed by atoms with Crippen molar-refractivity contribution < 1.29 is 33.5 Å².